The minimum absolute atomic E-state index is 0.0209. The standard InChI is InChI=1S/C21H40FP/c1-7-18(5)21(6,8-2)15-13-17(4)20-12-10-11-19(22)14-16-23(20)9-3/h8,17-20H,2,7,9-16H2,1,3-6H3. The van der Waals surface area contributed by atoms with Gasteiger partial charge in [-0.05, 0) is 73.8 Å². The van der Waals surface area contributed by atoms with E-state index in [1.165, 1.54) is 31.8 Å². The first kappa shape index (κ1) is 21.1. The van der Waals surface area contributed by atoms with Crippen molar-refractivity contribution in [1.82, 2.24) is 0 Å². The second kappa shape index (κ2) is 10.2. The maximum Gasteiger partial charge on any atom is 0.100 e. The van der Waals surface area contributed by atoms with Gasteiger partial charge >= 0.3 is 0 Å². The first-order valence-electron chi connectivity index (χ1n) is 9.89. The van der Waals surface area contributed by atoms with Crippen LogP contribution in [0.15, 0.2) is 12.7 Å². The Balaban J connectivity index is 2.66. The van der Waals surface area contributed by atoms with Gasteiger partial charge in [0.15, 0.2) is 0 Å². The van der Waals surface area contributed by atoms with E-state index in [1.54, 1.807) is 0 Å². The van der Waals surface area contributed by atoms with Crippen LogP contribution >= 0.6 is 7.92 Å². The Morgan fingerprint density at radius 1 is 1.26 bits per heavy atom. The number of hydrogen-bond acceptors (Lipinski definition) is 0. The molecule has 1 rings (SSSR count). The van der Waals surface area contributed by atoms with E-state index in [4.69, 9.17) is 0 Å². The average Bonchev–Trinajstić information content (AvgIpc) is 2.55. The minimum Gasteiger partial charge on any atom is -0.247 e. The van der Waals surface area contributed by atoms with Gasteiger partial charge in [-0.3, -0.25) is 0 Å². The zero-order valence-corrected chi connectivity index (χ0v) is 17.2. The predicted molar refractivity (Wildman–Crippen MR) is 106 cm³/mol. The van der Waals surface area contributed by atoms with Crippen molar-refractivity contribution in [3.8, 4) is 0 Å². The molecule has 23 heavy (non-hydrogen) atoms. The minimum atomic E-state index is -0.530. The molecule has 0 aromatic carbocycles. The third kappa shape index (κ3) is 6.15. The summed E-state index contributed by atoms with van der Waals surface area (Å²) in [6, 6.07) is 0. The van der Waals surface area contributed by atoms with Gasteiger partial charge in [0.25, 0.3) is 0 Å². The van der Waals surface area contributed by atoms with Gasteiger partial charge in [-0.25, -0.2) is 4.39 Å². The van der Waals surface area contributed by atoms with Gasteiger partial charge in [-0.1, -0.05) is 47.1 Å². The zero-order chi connectivity index (χ0) is 17.5. The molecule has 6 unspecified atom stereocenters. The molecule has 1 fully saturated rings. The van der Waals surface area contributed by atoms with Crippen molar-refractivity contribution in [2.24, 2.45) is 17.3 Å². The van der Waals surface area contributed by atoms with Crippen LogP contribution in [0.5, 0.6) is 0 Å². The second-order valence-electron chi connectivity index (χ2n) is 8.05. The van der Waals surface area contributed by atoms with Crippen molar-refractivity contribution in [2.45, 2.75) is 91.4 Å². The third-order valence-electron chi connectivity index (χ3n) is 6.62. The Hall–Kier alpha value is 0.100. The van der Waals surface area contributed by atoms with Crippen molar-refractivity contribution >= 4 is 7.92 Å². The van der Waals surface area contributed by atoms with Crippen LogP contribution < -0.4 is 0 Å². The Bertz CT molecular complexity index is 343. The lowest BCUT2D eigenvalue weighted by Gasteiger charge is -2.38. The highest BCUT2D eigenvalue weighted by Crippen LogP contribution is 2.50. The van der Waals surface area contributed by atoms with Crippen LogP contribution in [0.3, 0.4) is 0 Å². The summed E-state index contributed by atoms with van der Waals surface area (Å²) in [7, 11) is 0.0209. The van der Waals surface area contributed by atoms with Crippen LogP contribution in [-0.2, 0) is 0 Å². The Morgan fingerprint density at radius 2 is 1.96 bits per heavy atom. The molecule has 0 radical (unpaired) electrons. The van der Waals surface area contributed by atoms with Crippen molar-refractivity contribution in [3.05, 3.63) is 12.7 Å². The molecule has 1 heterocycles. The molecule has 0 saturated carbocycles. The summed E-state index contributed by atoms with van der Waals surface area (Å²) in [5.41, 5.74) is 1.12. The summed E-state index contributed by atoms with van der Waals surface area (Å²) >= 11 is 0. The molecule has 0 spiro atoms. The summed E-state index contributed by atoms with van der Waals surface area (Å²) in [6.07, 6.45) is 11.9. The maximum absolute atomic E-state index is 13.7. The van der Waals surface area contributed by atoms with E-state index in [1.807, 2.05) is 0 Å². The first-order chi connectivity index (χ1) is 10.9. The fourth-order valence-corrected chi connectivity index (χ4v) is 7.28. The molecule has 2 heteroatoms. The van der Waals surface area contributed by atoms with Gasteiger partial charge in [-0.2, -0.15) is 0 Å². The van der Waals surface area contributed by atoms with E-state index in [0.29, 0.717) is 5.92 Å². The molecular formula is C21H40FP. The number of hydrogen-bond donors (Lipinski definition) is 0. The highest BCUT2D eigenvalue weighted by molar-refractivity contribution is 7.58. The van der Waals surface area contributed by atoms with Crippen LogP contribution in [0.25, 0.3) is 0 Å². The van der Waals surface area contributed by atoms with Crippen molar-refractivity contribution in [3.63, 3.8) is 0 Å². The molecule has 0 bridgehead atoms. The number of allylic oxidation sites excluding steroid dienone is 1. The predicted octanol–water partition coefficient (Wildman–Crippen LogP) is 7.42. The molecular weight excluding hydrogens is 302 g/mol. The van der Waals surface area contributed by atoms with Gasteiger partial charge < -0.3 is 0 Å². The number of halogens is 1. The topological polar surface area (TPSA) is 0 Å². The Labute approximate surface area is 146 Å². The maximum atomic E-state index is 13.7. The van der Waals surface area contributed by atoms with E-state index < -0.39 is 6.17 Å². The highest BCUT2D eigenvalue weighted by atomic mass is 31.1. The molecule has 6 atom stereocenters. The van der Waals surface area contributed by atoms with E-state index in [-0.39, 0.29) is 13.3 Å². The van der Waals surface area contributed by atoms with Crippen molar-refractivity contribution in [2.75, 3.05) is 12.3 Å². The molecule has 1 saturated heterocycles. The van der Waals surface area contributed by atoms with E-state index in [9.17, 15) is 4.39 Å². The van der Waals surface area contributed by atoms with Crippen LogP contribution in [0.1, 0.15) is 79.6 Å². The molecule has 1 aliphatic heterocycles. The summed E-state index contributed by atoms with van der Waals surface area (Å²) in [5, 5.41) is 0. The smallest absolute Gasteiger partial charge is 0.100 e. The van der Waals surface area contributed by atoms with E-state index in [2.05, 4.69) is 47.3 Å². The molecule has 0 aromatic rings. The summed E-state index contributed by atoms with van der Waals surface area (Å²) in [4.78, 5) is 0. The molecule has 0 aromatic heterocycles. The molecule has 0 nitrogen and oxygen atoms in total. The second-order valence-corrected chi connectivity index (χ2v) is 11.0. The molecule has 0 aliphatic carbocycles. The van der Waals surface area contributed by atoms with Gasteiger partial charge in [0, 0.05) is 0 Å². The zero-order valence-electron chi connectivity index (χ0n) is 16.3. The Morgan fingerprint density at radius 3 is 2.52 bits per heavy atom. The van der Waals surface area contributed by atoms with Crippen LogP contribution in [0.2, 0.25) is 0 Å². The summed E-state index contributed by atoms with van der Waals surface area (Å²) in [6.45, 7) is 15.9. The lowest BCUT2D eigenvalue weighted by atomic mass is 9.72. The summed E-state index contributed by atoms with van der Waals surface area (Å²) in [5.74, 6) is 1.48. The van der Waals surface area contributed by atoms with Gasteiger partial charge in [0.1, 0.15) is 6.17 Å². The lowest BCUT2D eigenvalue weighted by molar-refractivity contribution is 0.226. The molecule has 1 aliphatic rings. The molecule has 0 N–H and O–H groups in total. The number of alkyl halides is 1. The van der Waals surface area contributed by atoms with Crippen molar-refractivity contribution in [1.29, 1.82) is 0 Å². The fourth-order valence-electron chi connectivity index (χ4n) is 4.13. The molecule has 0 amide bonds. The molecule has 136 valence electrons. The average molecular weight is 343 g/mol. The SMILES string of the molecule is C=CC(C)(CCC(C)C1CCCC(F)CCP1CC)C(C)CC. The monoisotopic (exact) mass is 342 g/mol. The first-order valence-corrected chi connectivity index (χ1v) is 11.7. The fraction of sp³-hybridized carbons (Fsp3) is 0.905. The third-order valence-corrected chi connectivity index (χ3v) is 9.97. The van der Waals surface area contributed by atoms with Gasteiger partial charge in [0.2, 0.25) is 0 Å². The highest BCUT2D eigenvalue weighted by Gasteiger charge is 2.31. The quantitative estimate of drug-likeness (QED) is 0.318. The van der Waals surface area contributed by atoms with E-state index >= 15 is 0 Å². The lowest BCUT2D eigenvalue weighted by Crippen LogP contribution is -2.27. The van der Waals surface area contributed by atoms with Crippen LogP contribution in [0, 0.1) is 17.3 Å². The van der Waals surface area contributed by atoms with Crippen LogP contribution in [0.4, 0.5) is 4.39 Å². The van der Waals surface area contributed by atoms with Gasteiger partial charge in [0.05, 0.1) is 0 Å². The van der Waals surface area contributed by atoms with Crippen molar-refractivity contribution < 1.29 is 4.39 Å². The van der Waals surface area contributed by atoms with E-state index in [0.717, 1.165) is 37.0 Å². The summed E-state index contributed by atoms with van der Waals surface area (Å²) < 4.78 is 13.7. The normalized spacial score (nSPS) is 31.5. The van der Waals surface area contributed by atoms with Crippen LogP contribution in [-0.4, -0.2) is 24.2 Å². The number of rotatable bonds is 8. The largest absolute Gasteiger partial charge is 0.247 e. The van der Waals surface area contributed by atoms with Gasteiger partial charge in [-0.15, -0.1) is 14.5 Å². The Kier molecular flexibility index (Phi) is 9.35.